The number of nitrogens with zero attached hydrogens (tertiary/aromatic N) is 2. The summed E-state index contributed by atoms with van der Waals surface area (Å²) in [6.45, 7) is 2.01. The third-order valence-electron chi connectivity index (χ3n) is 3.58. The molecule has 0 radical (unpaired) electrons. The lowest BCUT2D eigenvalue weighted by atomic mass is 10.3. The smallest absolute Gasteiger partial charge is 0.154 e. The van der Waals surface area contributed by atoms with Crippen molar-refractivity contribution in [3.63, 3.8) is 0 Å². The Kier molecular flexibility index (Phi) is 3.08. The van der Waals surface area contributed by atoms with Crippen LogP contribution in [0.3, 0.4) is 0 Å². The second-order valence-electron chi connectivity index (χ2n) is 5.08. The Balaban J connectivity index is 1.91. The maximum absolute atomic E-state index is 11.5. The highest BCUT2D eigenvalue weighted by atomic mass is 32.2. The molecule has 0 spiro atoms. The highest BCUT2D eigenvalue weighted by molar-refractivity contribution is 7.91. The largest absolute Gasteiger partial charge is 0.459 e. The molecular weight excluding hydrogens is 278 g/mol. The predicted molar refractivity (Wildman–Crippen MR) is 76.0 cm³/mol. The molecule has 1 aliphatic heterocycles. The lowest BCUT2D eigenvalue weighted by Gasteiger charge is -2.09. The van der Waals surface area contributed by atoms with E-state index in [1.54, 1.807) is 10.7 Å². The van der Waals surface area contributed by atoms with Gasteiger partial charge in [-0.2, -0.15) is 5.10 Å². The lowest BCUT2D eigenvalue weighted by Crippen LogP contribution is -2.14. The van der Waals surface area contributed by atoms with Crippen molar-refractivity contribution in [1.29, 1.82) is 0 Å². The second-order valence-corrected chi connectivity index (χ2v) is 7.30. The van der Waals surface area contributed by atoms with Crippen LogP contribution in [0.2, 0.25) is 0 Å². The minimum absolute atomic E-state index is 0.108. The van der Waals surface area contributed by atoms with E-state index in [-0.39, 0.29) is 17.5 Å². The van der Waals surface area contributed by atoms with Gasteiger partial charge in [-0.15, -0.1) is 0 Å². The number of anilines is 1. The van der Waals surface area contributed by atoms with Crippen molar-refractivity contribution in [3.05, 3.63) is 24.0 Å². The van der Waals surface area contributed by atoms with E-state index in [1.807, 2.05) is 19.1 Å². The number of rotatable bonds is 3. The number of nitrogen functional groups attached to an aromatic ring is 1. The van der Waals surface area contributed by atoms with E-state index in [9.17, 15) is 8.42 Å². The zero-order valence-corrected chi connectivity index (χ0v) is 12.1. The quantitative estimate of drug-likeness (QED) is 0.929. The van der Waals surface area contributed by atoms with E-state index in [1.165, 1.54) is 0 Å². The highest BCUT2D eigenvalue weighted by Crippen LogP contribution is 2.29. The average molecular weight is 295 g/mol. The first kappa shape index (κ1) is 13.2. The minimum atomic E-state index is -2.96. The molecule has 1 fully saturated rings. The van der Waals surface area contributed by atoms with E-state index >= 15 is 0 Å². The Bertz CT molecular complexity index is 730. The van der Waals surface area contributed by atoms with Crippen molar-refractivity contribution in [2.45, 2.75) is 25.8 Å². The van der Waals surface area contributed by atoms with Crippen LogP contribution in [0.25, 0.3) is 11.5 Å². The average Bonchev–Trinajstić information content (AvgIpc) is 3.07. The summed E-state index contributed by atoms with van der Waals surface area (Å²) in [7, 11) is -2.96. The molecule has 6 nitrogen and oxygen atoms in total. The molecule has 1 unspecified atom stereocenters. The summed E-state index contributed by atoms with van der Waals surface area (Å²) < 4.78 is 30.3. The van der Waals surface area contributed by atoms with Gasteiger partial charge in [0.25, 0.3) is 0 Å². The Morgan fingerprint density at radius 1 is 1.50 bits per heavy atom. The number of hydrogen-bond acceptors (Lipinski definition) is 5. The van der Waals surface area contributed by atoms with E-state index in [0.717, 1.165) is 12.2 Å². The minimum Gasteiger partial charge on any atom is -0.459 e. The van der Waals surface area contributed by atoms with Crippen LogP contribution >= 0.6 is 0 Å². The summed E-state index contributed by atoms with van der Waals surface area (Å²) in [6, 6.07) is 5.32. The fourth-order valence-corrected chi connectivity index (χ4v) is 4.19. The number of aromatic nitrogens is 2. The van der Waals surface area contributed by atoms with Crippen LogP contribution in [-0.2, 0) is 16.3 Å². The lowest BCUT2D eigenvalue weighted by molar-refractivity contribution is 0.499. The molecule has 3 heterocycles. The summed E-state index contributed by atoms with van der Waals surface area (Å²) in [5.74, 6) is 2.32. The third kappa shape index (κ3) is 2.33. The maximum Gasteiger partial charge on any atom is 0.154 e. The van der Waals surface area contributed by atoms with Crippen LogP contribution in [0.1, 0.15) is 25.1 Å². The van der Waals surface area contributed by atoms with Crippen molar-refractivity contribution in [2.75, 3.05) is 17.2 Å². The Labute approximate surface area is 117 Å². The third-order valence-corrected chi connectivity index (χ3v) is 5.33. The van der Waals surface area contributed by atoms with Gasteiger partial charge in [-0.1, -0.05) is 6.92 Å². The molecule has 7 heteroatoms. The van der Waals surface area contributed by atoms with Crippen LogP contribution < -0.4 is 5.73 Å². The van der Waals surface area contributed by atoms with Crippen LogP contribution in [0.15, 0.2) is 22.6 Å². The van der Waals surface area contributed by atoms with E-state index < -0.39 is 9.84 Å². The van der Waals surface area contributed by atoms with Gasteiger partial charge in [0.05, 0.1) is 17.5 Å². The molecule has 3 rings (SSSR count). The molecule has 20 heavy (non-hydrogen) atoms. The number of sulfone groups is 1. The summed E-state index contributed by atoms with van der Waals surface area (Å²) in [6.07, 6.45) is 1.38. The van der Waals surface area contributed by atoms with Gasteiger partial charge in [0.2, 0.25) is 0 Å². The molecule has 108 valence electrons. The number of aryl methyl sites for hydroxylation is 1. The fraction of sp³-hybridized carbons (Fsp3) is 0.462. The first-order valence-electron chi connectivity index (χ1n) is 6.63. The SMILES string of the molecule is CCc1ccc(-c2cc(N)n(C3CCS(=O)(=O)C3)n2)o1. The summed E-state index contributed by atoms with van der Waals surface area (Å²) >= 11 is 0. The van der Waals surface area contributed by atoms with Gasteiger partial charge < -0.3 is 10.2 Å². The molecule has 2 N–H and O–H groups in total. The summed E-state index contributed by atoms with van der Waals surface area (Å²) in [5.41, 5.74) is 6.60. The maximum atomic E-state index is 11.5. The van der Waals surface area contributed by atoms with Gasteiger partial charge in [0.15, 0.2) is 15.6 Å². The van der Waals surface area contributed by atoms with E-state index in [0.29, 0.717) is 23.7 Å². The van der Waals surface area contributed by atoms with Crippen molar-refractivity contribution < 1.29 is 12.8 Å². The zero-order chi connectivity index (χ0) is 14.3. The van der Waals surface area contributed by atoms with Gasteiger partial charge in [-0.3, -0.25) is 0 Å². The molecule has 1 saturated heterocycles. The van der Waals surface area contributed by atoms with Gasteiger partial charge in [0.1, 0.15) is 17.3 Å². The number of furan rings is 1. The molecule has 1 atom stereocenters. The number of hydrogen-bond donors (Lipinski definition) is 1. The van der Waals surface area contributed by atoms with Gasteiger partial charge in [0, 0.05) is 12.5 Å². The molecule has 0 aliphatic carbocycles. The van der Waals surface area contributed by atoms with Crippen molar-refractivity contribution >= 4 is 15.7 Å². The second kappa shape index (κ2) is 4.66. The summed E-state index contributed by atoms with van der Waals surface area (Å²) in [4.78, 5) is 0. The molecule has 0 bridgehead atoms. The van der Waals surface area contributed by atoms with Crippen molar-refractivity contribution in [2.24, 2.45) is 0 Å². The molecular formula is C13H17N3O3S. The first-order chi connectivity index (χ1) is 9.48. The molecule has 1 aliphatic rings. The van der Waals surface area contributed by atoms with Crippen LogP contribution in [0, 0.1) is 0 Å². The van der Waals surface area contributed by atoms with Gasteiger partial charge >= 0.3 is 0 Å². The fourth-order valence-electron chi connectivity index (χ4n) is 2.50. The van der Waals surface area contributed by atoms with Crippen molar-refractivity contribution in [1.82, 2.24) is 9.78 Å². The normalized spacial score (nSPS) is 21.4. The highest BCUT2D eigenvalue weighted by Gasteiger charge is 2.31. The Morgan fingerprint density at radius 2 is 2.30 bits per heavy atom. The van der Waals surface area contributed by atoms with E-state index in [2.05, 4.69) is 5.10 Å². The standard InChI is InChI=1S/C13H17N3O3S/c1-2-10-3-4-12(19-10)11-7-13(14)16(15-11)9-5-6-20(17,18)8-9/h3-4,7,9H,2,5-6,8,14H2,1H3. The monoisotopic (exact) mass is 295 g/mol. The summed E-state index contributed by atoms with van der Waals surface area (Å²) in [5, 5.41) is 4.41. The Hall–Kier alpha value is -1.76. The van der Waals surface area contributed by atoms with Gasteiger partial charge in [-0.05, 0) is 18.6 Å². The first-order valence-corrected chi connectivity index (χ1v) is 8.45. The van der Waals surface area contributed by atoms with Crippen LogP contribution in [0.5, 0.6) is 0 Å². The zero-order valence-electron chi connectivity index (χ0n) is 11.2. The molecule has 0 amide bonds. The number of nitrogens with two attached hydrogens (primary N) is 1. The van der Waals surface area contributed by atoms with Crippen LogP contribution in [-0.4, -0.2) is 29.7 Å². The Morgan fingerprint density at radius 3 is 2.90 bits per heavy atom. The molecule has 0 saturated carbocycles. The topological polar surface area (TPSA) is 91.1 Å². The molecule has 0 aromatic carbocycles. The van der Waals surface area contributed by atoms with Crippen LogP contribution in [0.4, 0.5) is 5.82 Å². The van der Waals surface area contributed by atoms with Gasteiger partial charge in [-0.25, -0.2) is 13.1 Å². The van der Waals surface area contributed by atoms with Crippen molar-refractivity contribution in [3.8, 4) is 11.5 Å². The van der Waals surface area contributed by atoms with E-state index in [4.69, 9.17) is 10.2 Å². The molecule has 2 aromatic rings. The molecule has 2 aromatic heterocycles. The predicted octanol–water partition coefficient (Wildman–Crippen LogP) is 1.65.